The number of rotatable bonds is 10. The molecule has 0 bridgehead atoms. The van der Waals surface area contributed by atoms with Gasteiger partial charge in [-0.2, -0.15) is 26.3 Å². The molecule has 1 aromatic heterocycles. The first-order chi connectivity index (χ1) is 25.7. The molecule has 6 rings (SSSR count). The molecule has 0 amide bonds. The molecule has 5 aromatic rings. The van der Waals surface area contributed by atoms with E-state index in [-0.39, 0.29) is 17.6 Å². The number of benzene rings is 4. The molecule has 17 heteroatoms. The molecular formula is C37H38F7N4O5P. The second kappa shape index (κ2) is 20.3. The summed E-state index contributed by atoms with van der Waals surface area (Å²) in [7, 11) is -1.71. The predicted octanol–water partition coefficient (Wildman–Crippen LogP) is 8.52. The number of aliphatic hydroxyl groups is 1. The Bertz CT molecular complexity index is 1810. The summed E-state index contributed by atoms with van der Waals surface area (Å²) >= 11 is 0. The first kappa shape index (κ1) is 42.3. The fraction of sp³-hybridized carbons (Fsp3) is 0.297. The fourth-order valence-corrected chi connectivity index (χ4v) is 5.89. The van der Waals surface area contributed by atoms with E-state index in [1.165, 1.54) is 16.6 Å². The van der Waals surface area contributed by atoms with E-state index >= 15 is 0 Å². The number of halogens is 7. The van der Waals surface area contributed by atoms with Gasteiger partial charge in [0.2, 0.25) is 0 Å². The lowest BCUT2D eigenvalue weighted by atomic mass is 10.0. The number of aliphatic hydroxyl groups excluding tert-OH is 1. The van der Waals surface area contributed by atoms with Crippen molar-refractivity contribution in [1.82, 2.24) is 19.4 Å². The predicted molar refractivity (Wildman–Crippen MR) is 187 cm³/mol. The van der Waals surface area contributed by atoms with Gasteiger partial charge in [-0.25, -0.2) is 9.18 Å². The number of aromatic amines is 1. The molecule has 1 saturated heterocycles. The third kappa shape index (κ3) is 14.1. The Morgan fingerprint density at radius 1 is 0.796 bits per heavy atom. The molecule has 0 spiro atoms. The lowest BCUT2D eigenvalue weighted by Gasteiger charge is -2.25. The van der Waals surface area contributed by atoms with Gasteiger partial charge in [-0.1, -0.05) is 78.9 Å². The van der Waals surface area contributed by atoms with E-state index in [4.69, 9.17) is 18.9 Å². The number of hydrogen-bond donors (Lipinski definition) is 2. The van der Waals surface area contributed by atoms with E-state index < -0.39 is 43.7 Å². The second-order valence-corrected chi connectivity index (χ2v) is 13.1. The Kier molecular flexibility index (Phi) is 15.9. The lowest BCUT2D eigenvalue weighted by molar-refractivity contribution is -0.143. The molecule has 54 heavy (non-hydrogen) atoms. The average Bonchev–Trinajstić information content (AvgIpc) is 3.51. The molecule has 0 aliphatic carbocycles. The minimum Gasteiger partial charge on any atom is -0.389 e. The van der Waals surface area contributed by atoms with Crippen molar-refractivity contribution in [3.05, 3.63) is 159 Å². The molecular weight excluding hydrogens is 744 g/mol. The van der Waals surface area contributed by atoms with Crippen LogP contribution in [0.25, 0.3) is 0 Å². The molecule has 0 saturated carbocycles. The van der Waals surface area contributed by atoms with Crippen molar-refractivity contribution < 1.29 is 49.6 Å². The third-order valence-electron chi connectivity index (χ3n) is 7.47. The van der Waals surface area contributed by atoms with Gasteiger partial charge in [0.25, 0.3) is 0 Å². The molecule has 1 fully saturated rings. The van der Waals surface area contributed by atoms with E-state index in [9.17, 15) is 35.5 Å². The van der Waals surface area contributed by atoms with Crippen molar-refractivity contribution in [1.29, 1.82) is 0 Å². The van der Waals surface area contributed by atoms with E-state index in [1.807, 2.05) is 60.7 Å². The highest BCUT2D eigenvalue weighted by atomic mass is 31.2. The summed E-state index contributed by atoms with van der Waals surface area (Å²) in [5.41, 5.74) is -1.60. The number of morpholine rings is 1. The van der Waals surface area contributed by atoms with Crippen molar-refractivity contribution in [2.24, 2.45) is 0 Å². The monoisotopic (exact) mass is 782 g/mol. The summed E-state index contributed by atoms with van der Waals surface area (Å²) in [6.07, 6.45) is -11.2. The zero-order chi connectivity index (χ0) is 39.1. The van der Waals surface area contributed by atoms with Crippen LogP contribution in [0.1, 0.15) is 46.7 Å². The Hall–Kier alpha value is -4.44. The Morgan fingerprint density at radius 3 is 1.67 bits per heavy atom. The molecule has 9 nitrogen and oxygen atoms in total. The van der Waals surface area contributed by atoms with E-state index in [2.05, 4.69) is 15.0 Å². The van der Waals surface area contributed by atoms with Gasteiger partial charge >= 0.3 is 26.6 Å². The van der Waals surface area contributed by atoms with Crippen LogP contribution in [-0.2, 0) is 45.9 Å². The van der Waals surface area contributed by atoms with Crippen molar-refractivity contribution in [3.63, 3.8) is 0 Å². The van der Waals surface area contributed by atoms with E-state index in [0.717, 1.165) is 31.1 Å². The summed E-state index contributed by atoms with van der Waals surface area (Å²) in [6, 6.07) is 28.6. The van der Waals surface area contributed by atoms with Crippen LogP contribution in [0.3, 0.4) is 0 Å². The van der Waals surface area contributed by atoms with Crippen LogP contribution in [0.2, 0.25) is 0 Å². The summed E-state index contributed by atoms with van der Waals surface area (Å²) in [5.74, 6) is 0.420. The number of nitrogens with zero attached hydrogens (tertiary/aromatic N) is 3. The maximum Gasteiger partial charge on any atom is 0.416 e. The maximum absolute atomic E-state index is 12.6. The fourth-order valence-electron chi connectivity index (χ4n) is 4.70. The van der Waals surface area contributed by atoms with Gasteiger partial charge in [0.15, 0.2) is 0 Å². The maximum atomic E-state index is 12.6. The number of alkyl halides is 6. The number of ether oxygens (including phenoxy) is 1. The van der Waals surface area contributed by atoms with E-state index in [1.54, 1.807) is 18.2 Å². The molecule has 0 unspecified atom stereocenters. The van der Waals surface area contributed by atoms with Gasteiger partial charge in [-0.3, -0.25) is 9.88 Å². The molecule has 290 valence electrons. The summed E-state index contributed by atoms with van der Waals surface area (Å²) in [4.78, 5) is 17.6. The Balaban J connectivity index is 0.000000226. The first-order valence-electron chi connectivity index (χ1n) is 16.5. The topological polar surface area (TPSA) is 102 Å². The van der Waals surface area contributed by atoms with Crippen LogP contribution in [0.5, 0.6) is 0 Å². The minimum absolute atomic E-state index is 0.0197. The second-order valence-electron chi connectivity index (χ2n) is 11.7. The van der Waals surface area contributed by atoms with Crippen LogP contribution in [0, 0.1) is 5.82 Å². The molecule has 1 aliphatic heterocycles. The lowest BCUT2D eigenvalue weighted by Crippen LogP contribution is -2.36. The summed E-state index contributed by atoms with van der Waals surface area (Å²) in [5, 5.41) is 13.5. The van der Waals surface area contributed by atoms with Crippen LogP contribution in [0.15, 0.2) is 114 Å². The molecule has 2 heterocycles. The smallest absolute Gasteiger partial charge is 0.389 e. The number of hydrogen-bond acceptors (Lipinski definition) is 7. The van der Waals surface area contributed by atoms with Crippen molar-refractivity contribution in [3.8, 4) is 0 Å². The summed E-state index contributed by atoms with van der Waals surface area (Å²) in [6.45, 7) is 5.34. The van der Waals surface area contributed by atoms with E-state index in [0.29, 0.717) is 50.9 Å². The van der Waals surface area contributed by atoms with Gasteiger partial charge in [0.1, 0.15) is 11.6 Å². The van der Waals surface area contributed by atoms with Gasteiger partial charge < -0.3 is 18.9 Å². The highest BCUT2D eigenvalue weighted by Gasteiger charge is 2.37. The molecule has 4 aromatic carbocycles. The molecule has 0 radical (unpaired) electrons. The number of nitrogens with one attached hydrogen (secondary N) is 1. The highest BCUT2D eigenvalue weighted by molar-refractivity contribution is 7.45. The van der Waals surface area contributed by atoms with Gasteiger partial charge in [-0.15, -0.1) is 9.55 Å². The SMILES string of the molecule is C[C@@H](O)c1cc(C(F)(F)F)cc(C(F)(F)F)c1.Fc1ccccc1.O=c1[nH]c(CN2CCOCC2)nn1P(OCc1ccccc1)OCc1ccccc1. The zero-order valence-electron chi connectivity index (χ0n) is 28.9. The highest BCUT2D eigenvalue weighted by Crippen LogP contribution is 2.40. The Labute approximate surface area is 307 Å². The normalized spacial score (nSPS) is 14.1. The Morgan fingerprint density at radius 2 is 1.26 bits per heavy atom. The largest absolute Gasteiger partial charge is 0.416 e. The van der Waals surface area contributed by atoms with Crippen molar-refractivity contribution >= 4 is 8.53 Å². The number of aromatic nitrogens is 3. The zero-order valence-corrected chi connectivity index (χ0v) is 29.8. The molecule has 1 atom stereocenters. The van der Waals surface area contributed by atoms with Crippen molar-refractivity contribution in [2.45, 2.75) is 45.1 Å². The average molecular weight is 783 g/mol. The third-order valence-corrected chi connectivity index (χ3v) is 8.75. The number of H-pyrrole nitrogens is 1. The van der Waals surface area contributed by atoms with Crippen LogP contribution in [-0.4, -0.2) is 50.8 Å². The molecule has 1 aliphatic rings. The standard InChI is InChI=1S/C21H25N4O4P.C10H8F6O.C6H5F/c26-21-22-20(15-24-11-13-27-14-12-24)23-25(21)30(28-16-18-7-3-1-4-8-18)29-17-19-9-5-2-6-10-19;1-5(17)6-2-7(9(11,12)13)4-8(3-6)10(14,15)16;7-6-4-2-1-3-5-6/h1-10H,11-17H2,(H,22,23,26);2-5,17H,1H3;1-5H/t;5-;/m.1./s1. The summed E-state index contributed by atoms with van der Waals surface area (Å²) < 4.78 is 105. The molecule has 2 N–H and O–H groups in total. The van der Waals surface area contributed by atoms with Crippen LogP contribution >= 0.6 is 8.53 Å². The minimum atomic E-state index is -4.88. The van der Waals surface area contributed by atoms with Gasteiger partial charge in [0, 0.05) is 13.1 Å². The van der Waals surface area contributed by atoms with Crippen LogP contribution < -0.4 is 5.69 Å². The van der Waals surface area contributed by atoms with Gasteiger partial charge in [-0.05, 0) is 53.9 Å². The van der Waals surface area contributed by atoms with Crippen LogP contribution in [0.4, 0.5) is 30.7 Å². The van der Waals surface area contributed by atoms with Gasteiger partial charge in [0.05, 0.1) is 50.2 Å². The van der Waals surface area contributed by atoms with Crippen molar-refractivity contribution in [2.75, 3.05) is 26.3 Å². The quantitative estimate of drug-likeness (QED) is 0.108. The first-order valence-corrected chi connectivity index (χ1v) is 17.6.